The molecule has 3 aromatic rings. The number of hydrogen-bond donors (Lipinski definition) is 2. The summed E-state index contributed by atoms with van der Waals surface area (Å²) in [6.07, 6.45) is 7.32. The minimum absolute atomic E-state index is 0.0210. The Hall–Kier alpha value is -2.60. The summed E-state index contributed by atoms with van der Waals surface area (Å²) in [6.45, 7) is 2.65. The van der Waals surface area contributed by atoms with Crippen molar-refractivity contribution in [3.8, 4) is 0 Å². The molecule has 6 heteroatoms. The average Bonchev–Trinajstić information content (AvgIpc) is 3.08. The first kappa shape index (κ1) is 18.4. The zero-order valence-electron chi connectivity index (χ0n) is 16.8. The molecule has 2 aromatic heterocycles. The number of aryl methyl sites for hydroxylation is 1. The second kappa shape index (κ2) is 7.34. The summed E-state index contributed by atoms with van der Waals surface area (Å²) in [5.74, 6) is 0.902. The van der Waals surface area contributed by atoms with Crippen molar-refractivity contribution in [2.45, 2.75) is 70.2 Å². The topological polar surface area (TPSA) is 72.1 Å². The number of fused-ring (bicyclic) bond motifs is 3. The summed E-state index contributed by atoms with van der Waals surface area (Å²) in [6, 6.07) is 10.2. The number of rotatable bonds is 3. The summed E-state index contributed by atoms with van der Waals surface area (Å²) >= 11 is 0. The molecule has 1 fully saturated rings. The first-order valence-corrected chi connectivity index (χ1v) is 10.7. The Morgan fingerprint density at radius 3 is 2.93 bits per heavy atom. The second-order valence-corrected chi connectivity index (χ2v) is 8.58. The Bertz CT molecular complexity index is 1100. The molecule has 0 radical (unpaired) electrons. The van der Waals surface area contributed by atoms with Crippen LogP contribution in [0.25, 0.3) is 11.0 Å². The Morgan fingerprint density at radius 1 is 1.21 bits per heavy atom. The standard InChI is InChI=1S/C23H28N4O2/c1-15-8-9-18-19(24-15)10-11-20-23(18)25-21(14-26-12-3-2-7-22(26)29)27(20)16-5-4-6-17(28)13-16/h2-3,7,10-12,15-17,24,28H,4-6,8-9,13-14H2,1H3/t15-,16+,17-/m0/s1. The van der Waals surface area contributed by atoms with Crippen molar-refractivity contribution in [3.63, 3.8) is 0 Å². The molecule has 0 amide bonds. The third-order valence-corrected chi connectivity index (χ3v) is 6.46. The number of nitrogens with one attached hydrogen (secondary N) is 1. The van der Waals surface area contributed by atoms with E-state index in [9.17, 15) is 9.90 Å². The van der Waals surface area contributed by atoms with Crippen LogP contribution in [-0.4, -0.2) is 31.4 Å². The number of aromatic nitrogens is 3. The molecule has 0 bridgehead atoms. The molecule has 1 aliphatic heterocycles. The monoisotopic (exact) mass is 392 g/mol. The molecular weight excluding hydrogens is 364 g/mol. The van der Waals surface area contributed by atoms with E-state index in [2.05, 4.69) is 28.9 Å². The lowest BCUT2D eigenvalue weighted by molar-refractivity contribution is 0.104. The molecule has 3 heterocycles. The number of aliphatic hydroxyl groups excluding tert-OH is 1. The molecule has 5 rings (SSSR count). The van der Waals surface area contributed by atoms with E-state index in [1.165, 1.54) is 11.3 Å². The largest absolute Gasteiger partial charge is 0.393 e. The third kappa shape index (κ3) is 3.35. The van der Waals surface area contributed by atoms with Gasteiger partial charge < -0.3 is 19.6 Å². The maximum absolute atomic E-state index is 12.3. The summed E-state index contributed by atoms with van der Waals surface area (Å²) in [4.78, 5) is 17.4. The maximum Gasteiger partial charge on any atom is 0.250 e. The minimum atomic E-state index is -0.265. The van der Waals surface area contributed by atoms with Crippen LogP contribution in [0.2, 0.25) is 0 Å². The van der Waals surface area contributed by atoms with E-state index in [-0.39, 0.29) is 17.7 Å². The van der Waals surface area contributed by atoms with Crippen LogP contribution in [-0.2, 0) is 13.0 Å². The first-order valence-electron chi connectivity index (χ1n) is 10.7. The SMILES string of the molecule is C[C@H]1CCc2c(ccc3c2nc(Cn2ccccc2=O)n3[C@@H]2CCC[C@H](O)C2)N1. The molecule has 3 atom stereocenters. The van der Waals surface area contributed by atoms with Crippen molar-refractivity contribution in [1.29, 1.82) is 0 Å². The fraction of sp³-hybridized carbons (Fsp3) is 0.478. The average molecular weight is 393 g/mol. The molecular formula is C23H28N4O2. The highest BCUT2D eigenvalue weighted by Crippen LogP contribution is 2.37. The highest BCUT2D eigenvalue weighted by molar-refractivity contribution is 5.86. The summed E-state index contributed by atoms with van der Waals surface area (Å²) < 4.78 is 4.01. The van der Waals surface area contributed by atoms with Gasteiger partial charge in [0.05, 0.1) is 23.7 Å². The van der Waals surface area contributed by atoms with Crippen molar-refractivity contribution >= 4 is 16.7 Å². The van der Waals surface area contributed by atoms with E-state index >= 15 is 0 Å². The molecule has 0 spiro atoms. The number of benzene rings is 1. The van der Waals surface area contributed by atoms with Crippen LogP contribution in [0.5, 0.6) is 0 Å². The van der Waals surface area contributed by atoms with Gasteiger partial charge in [0, 0.05) is 35.6 Å². The van der Waals surface area contributed by atoms with Gasteiger partial charge in [-0.25, -0.2) is 4.98 Å². The number of aliphatic hydroxyl groups is 1. The van der Waals surface area contributed by atoms with Gasteiger partial charge in [-0.2, -0.15) is 0 Å². The lowest BCUT2D eigenvalue weighted by Gasteiger charge is -2.29. The molecule has 1 aliphatic carbocycles. The molecule has 6 nitrogen and oxygen atoms in total. The van der Waals surface area contributed by atoms with E-state index in [0.29, 0.717) is 12.6 Å². The predicted octanol–water partition coefficient (Wildman–Crippen LogP) is 3.47. The Balaban J connectivity index is 1.66. The summed E-state index contributed by atoms with van der Waals surface area (Å²) in [5.41, 5.74) is 4.59. The molecule has 2 N–H and O–H groups in total. The van der Waals surface area contributed by atoms with Gasteiger partial charge in [0.2, 0.25) is 0 Å². The van der Waals surface area contributed by atoms with Crippen molar-refractivity contribution in [1.82, 2.24) is 14.1 Å². The van der Waals surface area contributed by atoms with E-state index in [4.69, 9.17) is 4.98 Å². The van der Waals surface area contributed by atoms with Gasteiger partial charge in [-0.05, 0) is 63.6 Å². The number of anilines is 1. The molecule has 0 saturated heterocycles. The smallest absolute Gasteiger partial charge is 0.250 e. The highest BCUT2D eigenvalue weighted by atomic mass is 16.3. The molecule has 29 heavy (non-hydrogen) atoms. The Labute approximate surface area is 170 Å². The van der Waals surface area contributed by atoms with Crippen molar-refractivity contribution in [2.75, 3.05) is 5.32 Å². The van der Waals surface area contributed by atoms with E-state index in [0.717, 1.165) is 55.4 Å². The van der Waals surface area contributed by atoms with Crippen LogP contribution in [0.3, 0.4) is 0 Å². The summed E-state index contributed by atoms with van der Waals surface area (Å²) in [7, 11) is 0. The zero-order chi connectivity index (χ0) is 20.0. The highest BCUT2D eigenvalue weighted by Gasteiger charge is 2.28. The zero-order valence-corrected chi connectivity index (χ0v) is 16.8. The number of nitrogens with zero attached hydrogens (tertiary/aromatic N) is 3. The first-order chi connectivity index (χ1) is 14.1. The number of pyridine rings is 1. The quantitative estimate of drug-likeness (QED) is 0.716. The van der Waals surface area contributed by atoms with Crippen LogP contribution >= 0.6 is 0 Å². The van der Waals surface area contributed by atoms with Gasteiger partial charge in [0.25, 0.3) is 5.56 Å². The minimum Gasteiger partial charge on any atom is -0.393 e. The molecule has 1 aromatic carbocycles. The van der Waals surface area contributed by atoms with Crippen LogP contribution < -0.4 is 10.9 Å². The molecule has 1 saturated carbocycles. The van der Waals surface area contributed by atoms with Gasteiger partial charge in [-0.1, -0.05) is 6.07 Å². The molecule has 152 valence electrons. The van der Waals surface area contributed by atoms with Gasteiger partial charge in [-0.3, -0.25) is 4.79 Å². The fourth-order valence-electron chi connectivity index (χ4n) is 4.99. The number of hydrogen-bond acceptors (Lipinski definition) is 4. The van der Waals surface area contributed by atoms with E-state index < -0.39 is 0 Å². The van der Waals surface area contributed by atoms with Crippen LogP contribution in [0.4, 0.5) is 5.69 Å². The maximum atomic E-state index is 12.3. The fourth-order valence-corrected chi connectivity index (χ4v) is 4.99. The lowest BCUT2D eigenvalue weighted by atomic mass is 9.92. The van der Waals surface area contributed by atoms with Gasteiger partial charge in [-0.15, -0.1) is 0 Å². The lowest BCUT2D eigenvalue weighted by Crippen LogP contribution is -2.26. The third-order valence-electron chi connectivity index (χ3n) is 6.46. The van der Waals surface area contributed by atoms with Crippen molar-refractivity contribution in [2.24, 2.45) is 0 Å². The van der Waals surface area contributed by atoms with E-state index in [1.54, 1.807) is 16.7 Å². The summed E-state index contributed by atoms with van der Waals surface area (Å²) in [5, 5.41) is 13.9. The molecule has 0 unspecified atom stereocenters. The van der Waals surface area contributed by atoms with Crippen LogP contribution in [0.15, 0.2) is 41.3 Å². The van der Waals surface area contributed by atoms with Crippen LogP contribution in [0.1, 0.15) is 56.5 Å². The molecule has 2 aliphatic rings. The number of imidazole rings is 1. The Morgan fingerprint density at radius 2 is 2.10 bits per heavy atom. The van der Waals surface area contributed by atoms with Crippen molar-refractivity contribution in [3.05, 3.63) is 58.3 Å². The van der Waals surface area contributed by atoms with Crippen molar-refractivity contribution < 1.29 is 5.11 Å². The Kier molecular flexibility index (Phi) is 4.66. The van der Waals surface area contributed by atoms with Gasteiger partial charge in [0.1, 0.15) is 5.82 Å². The normalized spacial score (nSPS) is 24.3. The second-order valence-electron chi connectivity index (χ2n) is 8.58. The van der Waals surface area contributed by atoms with E-state index in [1.807, 2.05) is 12.3 Å². The van der Waals surface area contributed by atoms with Gasteiger partial charge in [0.15, 0.2) is 0 Å². The van der Waals surface area contributed by atoms with Crippen LogP contribution in [0, 0.1) is 0 Å². The van der Waals surface area contributed by atoms with Gasteiger partial charge >= 0.3 is 0 Å². The predicted molar refractivity (Wildman–Crippen MR) is 114 cm³/mol.